The van der Waals surface area contributed by atoms with Crippen LogP contribution < -0.4 is 9.62 Å². The van der Waals surface area contributed by atoms with Gasteiger partial charge >= 0.3 is 0 Å². The second kappa shape index (κ2) is 7.76. The van der Waals surface area contributed by atoms with Crippen LogP contribution in [0.25, 0.3) is 0 Å². The third kappa shape index (κ3) is 3.89. The van der Waals surface area contributed by atoms with Crippen molar-refractivity contribution in [1.82, 2.24) is 5.32 Å². The number of carbonyl (C=O) groups excluding carboxylic acids is 1. The van der Waals surface area contributed by atoms with E-state index < -0.39 is 10.0 Å². The summed E-state index contributed by atoms with van der Waals surface area (Å²) < 4.78 is 27.6. The van der Waals surface area contributed by atoms with E-state index in [1.165, 1.54) is 25.0 Å². The van der Waals surface area contributed by atoms with Crippen LogP contribution in [0.4, 0.5) is 5.69 Å². The monoisotopic (exact) mass is 418 g/mol. The summed E-state index contributed by atoms with van der Waals surface area (Å²) in [5.41, 5.74) is 0.413. The predicted octanol–water partition coefficient (Wildman–Crippen LogP) is 3.84. The summed E-state index contributed by atoms with van der Waals surface area (Å²) in [6.07, 6.45) is 4.58. The topological polar surface area (TPSA) is 66.5 Å². The minimum atomic E-state index is -3.88. The maximum absolute atomic E-state index is 13.2. The first-order valence-corrected chi connectivity index (χ1v) is 11.4. The summed E-state index contributed by atoms with van der Waals surface area (Å²) in [5, 5.41) is 3.58. The lowest BCUT2D eigenvalue weighted by Gasteiger charge is -2.27. The van der Waals surface area contributed by atoms with Crippen LogP contribution in [0.5, 0.6) is 0 Å². The Morgan fingerprint density at radius 2 is 1.75 bits per heavy atom. The highest BCUT2D eigenvalue weighted by Gasteiger charge is 2.40. The summed E-state index contributed by atoms with van der Waals surface area (Å²) >= 11 is 5.96. The summed E-state index contributed by atoms with van der Waals surface area (Å²) in [7, 11) is -3.88. The Labute approximate surface area is 170 Å². The predicted molar refractivity (Wildman–Crippen MR) is 110 cm³/mol. The molecular formula is C21H23ClN2O3S. The van der Waals surface area contributed by atoms with Gasteiger partial charge in [0.15, 0.2) is 0 Å². The van der Waals surface area contributed by atoms with E-state index in [2.05, 4.69) is 5.32 Å². The highest BCUT2D eigenvalue weighted by Crippen LogP contribution is 2.44. The van der Waals surface area contributed by atoms with E-state index in [1.807, 2.05) is 0 Å². The van der Waals surface area contributed by atoms with Crippen LogP contribution in [0.1, 0.15) is 25.7 Å². The number of amides is 1. The molecule has 28 heavy (non-hydrogen) atoms. The molecule has 1 N–H and O–H groups in total. The van der Waals surface area contributed by atoms with Crippen molar-refractivity contribution in [2.45, 2.75) is 36.6 Å². The number of halogens is 1. The summed E-state index contributed by atoms with van der Waals surface area (Å²) in [6.45, 7) is -0.257. The molecule has 7 heteroatoms. The maximum Gasteiger partial charge on any atom is 0.264 e. The first-order valence-electron chi connectivity index (χ1n) is 9.56. The summed E-state index contributed by atoms with van der Waals surface area (Å²) in [5.74, 6) is 0.964. The minimum Gasteiger partial charge on any atom is -0.352 e. The van der Waals surface area contributed by atoms with E-state index in [-0.39, 0.29) is 23.4 Å². The smallest absolute Gasteiger partial charge is 0.264 e. The lowest BCUT2D eigenvalue weighted by molar-refractivity contribution is -0.120. The molecule has 148 valence electrons. The molecule has 0 unspecified atom stereocenters. The third-order valence-corrected chi connectivity index (χ3v) is 7.86. The number of sulfonamides is 1. The van der Waals surface area contributed by atoms with E-state index in [0.717, 1.165) is 17.1 Å². The first-order chi connectivity index (χ1) is 13.4. The molecular weight excluding hydrogens is 396 g/mol. The van der Waals surface area contributed by atoms with Crippen LogP contribution in [0, 0.1) is 11.8 Å². The van der Waals surface area contributed by atoms with Gasteiger partial charge in [0.05, 0.1) is 10.6 Å². The lowest BCUT2D eigenvalue weighted by atomic mass is 9.95. The fraction of sp³-hybridized carbons (Fsp3) is 0.381. The number of hydrogen-bond donors (Lipinski definition) is 1. The van der Waals surface area contributed by atoms with Gasteiger partial charge in [-0.15, -0.1) is 0 Å². The third-order valence-electron chi connectivity index (χ3n) is 5.82. The van der Waals surface area contributed by atoms with Gasteiger partial charge in [-0.3, -0.25) is 9.10 Å². The molecule has 0 aromatic heterocycles. The second-order valence-corrected chi connectivity index (χ2v) is 9.95. The number of benzene rings is 2. The van der Waals surface area contributed by atoms with Gasteiger partial charge in [-0.2, -0.15) is 0 Å². The Morgan fingerprint density at radius 1 is 1.04 bits per heavy atom. The molecule has 2 aliphatic carbocycles. The van der Waals surface area contributed by atoms with E-state index in [1.54, 1.807) is 42.5 Å². The van der Waals surface area contributed by atoms with Gasteiger partial charge in [0.1, 0.15) is 6.54 Å². The SMILES string of the molecule is O=C(CN(c1ccc(Cl)cc1)S(=O)(=O)c1ccccc1)N[C@@H]1C[C@@H]2CC[C@H]1C2. The van der Waals surface area contributed by atoms with Crippen LogP contribution in [0.2, 0.25) is 5.02 Å². The Balaban J connectivity index is 1.58. The normalized spacial score (nSPS) is 23.5. The molecule has 0 aliphatic heterocycles. The Kier molecular flexibility index (Phi) is 5.34. The maximum atomic E-state index is 13.2. The van der Waals surface area contributed by atoms with Crippen molar-refractivity contribution < 1.29 is 13.2 Å². The van der Waals surface area contributed by atoms with Crippen molar-refractivity contribution in [3.8, 4) is 0 Å². The van der Waals surface area contributed by atoms with Crippen LogP contribution in [0.15, 0.2) is 59.5 Å². The zero-order valence-corrected chi connectivity index (χ0v) is 17.0. The lowest BCUT2D eigenvalue weighted by Crippen LogP contribution is -2.45. The van der Waals surface area contributed by atoms with E-state index in [0.29, 0.717) is 22.5 Å². The average Bonchev–Trinajstić information content (AvgIpc) is 3.31. The standard InChI is InChI=1S/C21H23ClN2O3S/c22-17-8-10-18(11-9-17)24(28(26,27)19-4-2-1-3-5-19)14-21(25)23-20-13-15-6-7-16(20)12-15/h1-5,8-11,15-16,20H,6-7,12-14H2,(H,23,25)/t15-,16+,20-/m1/s1. The number of anilines is 1. The van der Waals surface area contributed by atoms with Gasteiger partial charge < -0.3 is 5.32 Å². The summed E-state index contributed by atoms with van der Waals surface area (Å²) in [6, 6.07) is 14.8. The first kappa shape index (κ1) is 19.3. The molecule has 0 saturated heterocycles. The van der Waals surface area contributed by atoms with Gasteiger partial charge in [0.2, 0.25) is 5.91 Å². The molecule has 2 saturated carbocycles. The number of nitrogens with zero attached hydrogens (tertiary/aromatic N) is 1. The molecule has 2 aliphatic rings. The Morgan fingerprint density at radius 3 is 2.36 bits per heavy atom. The Hall–Kier alpha value is -2.05. The van der Waals surface area contributed by atoms with Crippen molar-refractivity contribution in [3.63, 3.8) is 0 Å². The zero-order valence-electron chi connectivity index (χ0n) is 15.4. The highest BCUT2D eigenvalue weighted by molar-refractivity contribution is 7.92. The van der Waals surface area contributed by atoms with E-state index in [4.69, 9.17) is 11.6 Å². The molecule has 2 aromatic carbocycles. The molecule has 5 nitrogen and oxygen atoms in total. The summed E-state index contributed by atoms with van der Waals surface area (Å²) in [4.78, 5) is 12.9. The fourth-order valence-electron chi connectivity index (χ4n) is 4.45. The average molecular weight is 419 g/mol. The van der Waals surface area contributed by atoms with Gasteiger partial charge in [-0.25, -0.2) is 8.42 Å². The molecule has 3 atom stereocenters. The van der Waals surface area contributed by atoms with Crippen LogP contribution in [-0.2, 0) is 14.8 Å². The Bertz CT molecular complexity index is 947. The second-order valence-electron chi connectivity index (χ2n) is 7.65. The molecule has 2 fully saturated rings. The largest absolute Gasteiger partial charge is 0.352 e. The number of rotatable bonds is 6. The molecule has 0 spiro atoms. The van der Waals surface area contributed by atoms with Crippen molar-refractivity contribution in [1.29, 1.82) is 0 Å². The molecule has 0 heterocycles. The van der Waals surface area contributed by atoms with Crippen molar-refractivity contribution in [2.75, 3.05) is 10.8 Å². The van der Waals surface area contributed by atoms with Gasteiger partial charge in [-0.1, -0.05) is 36.2 Å². The van der Waals surface area contributed by atoms with Crippen LogP contribution in [-0.4, -0.2) is 26.9 Å². The van der Waals surface area contributed by atoms with Gasteiger partial charge in [0.25, 0.3) is 10.0 Å². The van der Waals surface area contributed by atoms with Gasteiger partial charge in [-0.05, 0) is 67.5 Å². The fourth-order valence-corrected chi connectivity index (χ4v) is 6.01. The molecule has 4 rings (SSSR count). The number of hydrogen-bond acceptors (Lipinski definition) is 3. The molecule has 2 bridgehead atoms. The minimum absolute atomic E-state index is 0.151. The molecule has 1 amide bonds. The highest BCUT2D eigenvalue weighted by atomic mass is 35.5. The molecule has 2 aromatic rings. The number of carbonyl (C=O) groups is 1. The molecule has 0 radical (unpaired) electrons. The number of fused-ring (bicyclic) bond motifs is 2. The number of nitrogens with one attached hydrogen (secondary N) is 1. The van der Waals surface area contributed by atoms with Crippen molar-refractivity contribution in [2.24, 2.45) is 11.8 Å². The van der Waals surface area contributed by atoms with Crippen molar-refractivity contribution in [3.05, 3.63) is 59.6 Å². The zero-order chi connectivity index (χ0) is 19.7. The van der Waals surface area contributed by atoms with E-state index in [9.17, 15) is 13.2 Å². The van der Waals surface area contributed by atoms with E-state index >= 15 is 0 Å². The van der Waals surface area contributed by atoms with Gasteiger partial charge in [0, 0.05) is 11.1 Å². The quantitative estimate of drug-likeness (QED) is 0.775. The van der Waals surface area contributed by atoms with Crippen LogP contribution in [0.3, 0.4) is 0 Å². The van der Waals surface area contributed by atoms with Crippen LogP contribution >= 0.6 is 11.6 Å². The van der Waals surface area contributed by atoms with Crippen molar-refractivity contribution >= 4 is 33.2 Å².